The number of benzene rings is 2. The number of thioether (sulfide) groups is 1. The van der Waals surface area contributed by atoms with E-state index in [-0.39, 0.29) is 38.0 Å². The summed E-state index contributed by atoms with van der Waals surface area (Å²) in [4.78, 5) is 105. The number of aliphatic carboxylic acids is 1. The Morgan fingerprint density at radius 3 is 1.97 bits per heavy atom. The van der Waals surface area contributed by atoms with Crippen molar-refractivity contribution in [2.45, 2.75) is 88.3 Å². The van der Waals surface area contributed by atoms with Crippen molar-refractivity contribution in [1.82, 2.24) is 36.8 Å². The van der Waals surface area contributed by atoms with Gasteiger partial charge in [0.25, 0.3) is 0 Å². The molecule has 1 aliphatic rings. The molecule has 0 aliphatic carbocycles. The van der Waals surface area contributed by atoms with Gasteiger partial charge in [-0.3, -0.25) is 33.6 Å². The Hall–Kier alpha value is -5.73. The second kappa shape index (κ2) is 23.6. The third-order valence-corrected chi connectivity index (χ3v) is 9.97. The number of nitrogens with two attached hydrogens (primary N) is 1. The molecule has 1 saturated heterocycles. The Morgan fingerprint density at radius 2 is 1.37 bits per heavy atom. The zero-order valence-electron chi connectivity index (χ0n) is 33.1. The zero-order chi connectivity index (χ0) is 43.6. The molecule has 19 nitrogen and oxygen atoms in total. The fourth-order valence-corrected chi connectivity index (χ4v) is 6.62. The van der Waals surface area contributed by atoms with Gasteiger partial charge in [-0.1, -0.05) is 42.5 Å². The van der Waals surface area contributed by atoms with E-state index in [1.54, 1.807) is 30.3 Å². The molecule has 0 aromatic heterocycles. The van der Waals surface area contributed by atoms with Crippen LogP contribution in [0.3, 0.4) is 0 Å². The lowest BCUT2D eigenvalue weighted by Gasteiger charge is -2.30. The molecule has 7 amide bonds. The van der Waals surface area contributed by atoms with Gasteiger partial charge in [-0.05, 0) is 68.4 Å². The van der Waals surface area contributed by atoms with Crippen molar-refractivity contribution in [1.29, 1.82) is 0 Å². The second-order valence-electron chi connectivity index (χ2n) is 14.1. The van der Waals surface area contributed by atoms with Crippen LogP contribution in [0.25, 0.3) is 0 Å². The van der Waals surface area contributed by atoms with E-state index in [0.29, 0.717) is 23.3 Å². The quantitative estimate of drug-likeness (QED) is 0.0609. The van der Waals surface area contributed by atoms with Crippen LogP contribution in [0, 0.1) is 0 Å². The maximum absolute atomic E-state index is 14.1. The average molecular weight is 843 g/mol. The van der Waals surface area contributed by atoms with E-state index in [0.717, 1.165) is 0 Å². The number of aliphatic hydroxyl groups excluding tert-OH is 1. The molecule has 1 heterocycles. The number of aliphatic hydroxyl groups is 1. The lowest BCUT2D eigenvalue weighted by atomic mass is 10.0. The van der Waals surface area contributed by atoms with Gasteiger partial charge in [0.15, 0.2) is 0 Å². The third-order valence-electron chi connectivity index (χ3n) is 9.33. The second-order valence-corrected chi connectivity index (χ2v) is 15.1. The summed E-state index contributed by atoms with van der Waals surface area (Å²) >= 11 is 1.42. The number of nitrogens with zero attached hydrogens (tertiary/aromatic N) is 1. The van der Waals surface area contributed by atoms with E-state index in [2.05, 4.69) is 31.9 Å². The third kappa shape index (κ3) is 15.5. The predicted octanol–water partition coefficient (Wildman–Crippen LogP) is -2.09. The number of carboxylic acid groups (broad SMARTS) is 1. The zero-order valence-corrected chi connectivity index (χ0v) is 34.0. The van der Waals surface area contributed by atoms with Crippen LogP contribution in [0.1, 0.15) is 44.2 Å². The van der Waals surface area contributed by atoms with Crippen LogP contribution in [0.5, 0.6) is 5.75 Å². The largest absolute Gasteiger partial charge is 0.508 e. The Balaban J connectivity index is 1.72. The molecule has 59 heavy (non-hydrogen) atoms. The van der Waals surface area contributed by atoms with Crippen molar-refractivity contribution in [3.8, 4) is 5.75 Å². The number of carboxylic acids is 1. The fourth-order valence-electron chi connectivity index (χ4n) is 6.14. The van der Waals surface area contributed by atoms with E-state index >= 15 is 0 Å². The minimum absolute atomic E-state index is 0.000395. The first-order valence-electron chi connectivity index (χ1n) is 19.0. The van der Waals surface area contributed by atoms with Crippen LogP contribution in [0.2, 0.25) is 0 Å². The molecular weight excluding hydrogens is 789 g/mol. The maximum atomic E-state index is 14.1. The minimum atomic E-state index is -1.50. The molecule has 1 fully saturated rings. The highest BCUT2D eigenvalue weighted by atomic mass is 32.2. The van der Waals surface area contributed by atoms with Crippen LogP contribution in [-0.2, 0) is 51.2 Å². The molecule has 0 unspecified atom stereocenters. The molecule has 3 rings (SSSR count). The summed E-state index contributed by atoms with van der Waals surface area (Å²) in [6, 6.07) is 7.50. The topological polar surface area (TPSA) is 299 Å². The molecule has 322 valence electrons. The van der Waals surface area contributed by atoms with Gasteiger partial charge in [0.05, 0.1) is 25.2 Å². The lowest BCUT2D eigenvalue weighted by Crippen LogP contribution is -2.59. The van der Waals surface area contributed by atoms with Crippen LogP contribution in [0.15, 0.2) is 54.6 Å². The predicted molar refractivity (Wildman–Crippen MR) is 216 cm³/mol. The molecule has 11 N–H and O–H groups in total. The van der Waals surface area contributed by atoms with Crippen molar-refractivity contribution < 1.29 is 53.7 Å². The Bertz CT molecular complexity index is 1780. The van der Waals surface area contributed by atoms with Gasteiger partial charge in [0.2, 0.25) is 41.4 Å². The summed E-state index contributed by atoms with van der Waals surface area (Å²) in [5, 5.41) is 44.4. The summed E-state index contributed by atoms with van der Waals surface area (Å²) in [7, 11) is 0. The van der Waals surface area contributed by atoms with Gasteiger partial charge in [-0.15, -0.1) is 0 Å². The van der Waals surface area contributed by atoms with Crippen molar-refractivity contribution in [3.63, 3.8) is 0 Å². The van der Waals surface area contributed by atoms with Gasteiger partial charge in [0.1, 0.15) is 36.0 Å². The monoisotopic (exact) mass is 842 g/mol. The smallest absolute Gasteiger partial charge is 0.326 e. The molecule has 0 spiro atoms. The molecule has 0 bridgehead atoms. The first kappa shape index (κ1) is 47.6. The fraction of sp³-hybridized carbons (Fsp3) is 0.487. The van der Waals surface area contributed by atoms with E-state index in [1.807, 2.05) is 6.26 Å². The van der Waals surface area contributed by atoms with E-state index < -0.39 is 103 Å². The maximum Gasteiger partial charge on any atom is 0.326 e. The molecule has 7 atom stereocenters. The standard InChI is InChI=1S/C39H54N8O11S/c1-22(40)34(52)41-21-32(51)46-33(23(2)48)37(55)42-20-31(50)43-28(18-24-8-5-4-6-9-24)35(53)44-27(15-17-59-3)38(56)47-16-7-10-30(47)36(54)45-29(39(57)58)19-25-11-13-26(49)14-12-25/h4-6,8-9,11-14,22-23,27-30,33,48-49H,7,10,15-21,40H2,1-3H3,(H,41,52)(H,42,55)(H,43,50)(H,44,53)(H,45,54)(H,46,51)(H,57,58)/t22-,23+,27-,28-,29-,30-,33-/m0/s1. The van der Waals surface area contributed by atoms with Gasteiger partial charge in [-0.25, -0.2) is 4.79 Å². The van der Waals surface area contributed by atoms with Crippen molar-refractivity contribution >= 4 is 59.1 Å². The number of aromatic hydroxyl groups is 1. The van der Waals surface area contributed by atoms with Gasteiger partial charge < -0.3 is 57.9 Å². The summed E-state index contributed by atoms with van der Waals surface area (Å²) in [6.45, 7) is 1.65. The van der Waals surface area contributed by atoms with Gasteiger partial charge >= 0.3 is 5.97 Å². The Morgan fingerprint density at radius 1 is 0.780 bits per heavy atom. The summed E-state index contributed by atoms with van der Waals surface area (Å²) in [6.07, 6.45) is 1.21. The first-order chi connectivity index (χ1) is 28.0. The van der Waals surface area contributed by atoms with Gasteiger partial charge in [-0.2, -0.15) is 11.8 Å². The highest BCUT2D eigenvalue weighted by Gasteiger charge is 2.39. The number of rotatable bonds is 22. The molecule has 2 aromatic rings. The molecule has 20 heteroatoms. The number of likely N-dealkylation sites (tertiary alicyclic amines) is 1. The molecular formula is C39H54N8O11S. The average Bonchev–Trinajstić information content (AvgIpc) is 3.70. The molecule has 2 aromatic carbocycles. The number of hydrogen-bond donors (Lipinski definition) is 10. The lowest BCUT2D eigenvalue weighted by molar-refractivity contribution is -0.145. The van der Waals surface area contributed by atoms with Crippen LogP contribution < -0.4 is 37.6 Å². The van der Waals surface area contributed by atoms with E-state index in [1.165, 1.54) is 54.8 Å². The molecule has 0 radical (unpaired) electrons. The van der Waals surface area contributed by atoms with Crippen molar-refractivity contribution in [3.05, 3.63) is 65.7 Å². The van der Waals surface area contributed by atoms with Crippen LogP contribution in [-0.4, -0.2) is 142 Å². The van der Waals surface area contributed by atoms with E-state index in [9.17, 15) is 53.7 Å². The number of amides is 7. The Kier molecular flexibility index (Phi) is 19.1. The normalized spacial score (nSPS) is 16.6. The van der Waals surface area contributed by atoms with Crippen LogP contribution in [0.4, 0.5) is 0 Å². The van der Waals surface area contributed by atoms with E-state index in [4.69, 9.17) is 5.73 Å². The number of phenols is 1. The SMILES string of the molecule is CSCC[C@H](NC(=O)[C@H](Cc1ccccc1)NC(=O)CNC(=O)[C@@H](NC(=O)CNC(=O)[C@H](C)N)[C@@H](C)O)C(=O)N1CCC[C@H]1C(=O)N[C@@H](Cc1ccc(O)cc1)C(=O)O. The van der Waals surface area contributed by atoms with Crippen molar-refractivity contribution in [2.75, 3.05) is 31.6 Å². The van der Waals surface area contributed by atoms with Gasteiger partial charge in [0, 0.05) is 19.4 Å². The van der Waals surface area contributed by atoms with Crippen molar-refractivity contribution in [2.24, 2.45) is 5.73 Å². The summed E-state index contributed by atoms with van der Waals surface area (Å²) in [5.41, 5.74) is 6.68. The number of nitrogens with one attached hydrogen (secondary N) is 6. The first-order valence-corrected chi connectivity index (χ1v) is 20.4. The highest BCUT2D eigenvalue weighted by Crippen LogP contribution is 2.21. The number of hydrogen-bond acceptors (Lipinski definition) is 12. The number of carbonyl (C=O) groups excluding carboxylic acids is 7. The molecule has 0 saturated carbocycles. The molecule has 1 aliphatic heterocycles. The summed E-state index contributed by atoms with van der Waals surface area (Å²) < 4.78 is 0. The summed E-state index contributed by atoms with van der Waals surface area (Å²) in [5.74, 6) is -5.94. The van der Waals surface area contributed by atoms with Crippen LogP contribution >= 0.6 is 11.8 Å². The number of carbonyl (C=O) groups is 8. The Labute approximate surface area is 346 Å². The highest BCUT2D eigenvalue weighted by molar-refractivity contribution is 7.98. The minimum Gasteiger partial charge on any atom is -0.508 e. The number of phenolic OH excluding ortho intramolecular Hbond substituents is 1.